The highest BCUT2D eigenvalue weighted by Gasteiger charge is 2.32. The predicted molar refractivity (Wildman–Crippen MR) is 122 cm³/mol. The first-order valence-electron chi connectivity index (χ1n) is 11.9. The molecule has 0 unspecified atom stereocenters. The molecule has 1 aromatic rings. The Morgan fingerprint density at radius 3 is 2.88 bits per heavy atom. The molecule has 2 aliphatic heterocycles. The second-order valence-electron chi connectivity index (χ2n) is 9.32. The monoisotopic (exact) mass is 498 g/mol. The third-order valence-electron chi connectivity index (χ3n) is 7.03. The summed E-state index contributed by atoms with van der Waals surface area (Å²) in [7, 11) is 0. The Morgan fingerprint density at radius 2 is 2.12 bits per heavy atom. The van der Waals surface area contributed by atoms with Crippen molar-refractivity contribution in [2.45, 2.75) is 44.7 Å². The molecule has 34 heavy (non-hydrogen) atoms. The van der Waals surface area contributed by atoms with Gasteiger partial charge in [-0.15, -0.1) is 0 Å². The average Bonchev–Trinajstić information content (AvgIpc) is 3.36. The van der Waals surface area contributed by atoms with Gasteiger partial charge in [-0.2, -0.15) is 4.98 Å². The Morgan fingerprint density at radius 1 is 1.32 bits per heavy atom. The molecule has 0 bridgehead atoms. The van der Waals surface area contributed by atoms with Crippen molar-refractivity contribution in [3.05, 3.63) is 16.8 Å². The van der Waals surface area contributed by atoms with E-state index >= 15 is 4.39 Å². The molecule has 3 heterocycles. The van der Waals surface area contributed by atoms with Crippen LogP contribution in [0.4, 0.5) is 10.2 Å². The first kappa shape index (κ1) is 25.0. The number of ether oxygens (including phenoxy) is 1. The van der Waals surface area contributed by atoms with Crippen LogP contribution < -0.4 is 10.2 Å². The number of nitrogens with one attached hydrogen (secondary N) is 1. The van der Waals surface area contributed by atoms with Crippen molar-refractivity contribution < 1.29 is 23.9 Å². The van der Waals surface area contributed by atoms with E-state index in [-0.39, 0.29) is 48.2 Å². The number of hydrogen-bond donors (Lipinski definition) is 2. The van der Waals surface area contributed by atoms with Crippen molar-refractivity contribution in [2.24, 2.45) is 11.8 Å². The minimum Gasteiger partial charge on any atom is -0.378 e. The molecule has 2 N–H and O–H groups in total. The fourth-order valence-electron chi connectivity index (χ4n) is 5.21. The molecule has 2 amide bonds. The van der Waals surface area contributed by atoms with E-state index in [9.17, 15) is 14.8 Å². The third-order valence-corrected chi connectivity index (χ3v) is 7.20. The largest absolute Gasteiger partial charge is 0.378 e. The summed E-state index contributed by atoms with van der Waals surface area (Å²) in [6.07, 6.45) is 5.11. The molecule has 2 saturated heterocycles. The number of amides is 2. The van der Waals surface area contributed by atoms with Crippen LogP contribution in [0, 0.1) is 17.7 Å². The van der Waals surface area contributed by atoms with Crippen LogP contribution in [0.1, 0.15) is 37.8 Å². The summed E-state index contributed by atoms with van der Waals surface area (Å²) < 4.78 is 20.9. The second kappa shape index (κ2) is 11.6. The van der Waals surface area contributed by atoms with Crippen molar-refractivity contribution in [1.29, 1.82) is 0 Å². The smallest absolute Gasteiger partial charge is 0.233 e. The van der Waals surface area contributed by atoms with E-state index < -0.39 is 11.7 Å². The van der Waals surface area contributed by atoms with Crippen LogP contribution in [-0.4, -0.2) is 89.4 Å². The van der Waals surface area contributed by atoms with Crippen LogP contribution in [0.5, 0.6) is 0 Å². The van der Waals surface area contributed by atoms with E-state index in [0.717, 1.165) is 38.8 Å². The Bertz CT molecular complexity index is 874. The number of hydrogen-bond acceptors (Lipinski definition) is 8. The molecule has 3 fully saturated rings. The molecule has 1 aromatic heterocycles. The van der Waals surface area contributed by atoms with Crippen molar-refractivity contribution in [2.75, 3.05) is 50.8 Å². The first-order chi connectivity index (χ1) is 16.4. The molecular formula is C22H32ClFN6O4. The molecule has 0 spiro atoms. The van der Waals surface area contributed by atoms with Gasteiger partial charge in [0.2, 0.25) is 17.6 Å². The highest BCUT2D eigenvalue weighted by atomic mass is 35.5. The van der Waals surface area contributed by atoms with Gasteiger partial charge in [0.1, 0.15) is 5.69 Å². The predicted octanol–water partition coefficient (Wildman–Crippen LogP) is 1.45. The van der Waals surface area contributed by atoms with Gasteiger partial charge in [-0.3, -0.25) is 19.7 Å². The number of rotatable bonds is 9. The van der Waals surface area contributed by atoms with Crippen LogP contribution in [-0.2, 0) is 20.9 Å². The van der Waals surface area contributed by atoms with Crippen molar-refractivity contribution in [3.8, 4) is 0 Å². The summed E-state index contributed by atoms with van der Waals surface area (Å²) >= 11 is 6.12. The highest BCUT2D eigenvalue weighted by Crippen LogP contribution is 2.31. The summed E-state index contributed by atoms with van der Waals surface area (Å²) in [6.45, 7) is 3.82. The van der Waals surface area contributed by atoms with E-state index in [2.05, 4.69) is 20.2 Å². The lowest BCUT2D eigenvalue weighted by Gasteiger charge is -2.44. The second-order valence-corrected chi connectivity index (χ2v) is 9.65. The zero-order chi connectivity index (χ0) is 24.1. The first-order valence-corrected chi connectivity index (χ1v) is 12.3. The third kappa shape index (κ3) is 6.12. The minimum absolute atomic E-state index is 0.00142. The standard InChI is InChI=1S/C22H32ClFN6O4/c23-22-26-18(10-25-21(32)16(11-30(33)14-31)9-15-3-1-2-4-15)19(24)20(27-22)29-6-5-28-7-8-34-13-17(28)12-29/h14-17,33H,1-13H2,(H,25,32)/t16-,17+/m1/s1. The number of nitrogens with zero attached hydrogens (tertiary/aromatic N) is 5. The number of carbonyl (C=O) groups excluding carboxylic acids is 2. The summed E-state index contributed by atoms with van der Waals surface area (Å²) in [5, 5.41) is 12.8. The maximum absolute atomic E-state index is 15.4. The number of morpholine rings is 1. The molecule has 188 valence electrons. The number of piperazine rings is 1. The summed E-state index contributed by atoms with van der Waals surface area (Å²) in [4.78, 5) is 36.1. The topological polar surface area (TPSA) is 111 Å². The molecule has 4 rings (SSSR count). The molecule has 12 heteroatoms. The minimum atomic E-state index is -0.612. The number of anilines is 1. The molecule has 2 atom stereocenters. The van der Waals surface area contributed by atoms with E-state index in [1.54, 1.807) is 0 Å². The molecular weight excluding hydrogens is 467 g/mol. The molecule has 1 aliphatic carbocycles. The van der Waals surface area contributed by atoms with Crippen LogP contribution >= 0.6 is 11.6 Å². The lowest BCUT2D eigenvalue weighted by molar-refractivity contribution is -0.155. The fraction of sp³-hybridized carbons (Fsp3) is 0.727. The Hall–Kier alpha value is -2.08. The Balaban J connectivity index is 1.42. The normalized spacial score (nSPS) is 22.3. The lowest BCUT2D eigenvalue weighted by atomic mass is 9.92. The van der Waals surface area contributed by atoms with E-state index in [1.165, 1.54) is 0 Å². The van der Waals surface area contributed by atoms with Crippen LogP contribution in [0.2, 0.25) is 5.28 Å². The SMILES string of the molecule is O=CN(O)C[C@@H](CC1CCCC1)C(=O)NCc1nc(Cl)nc(N2CCN3CCOC[C@@H]3C2)c1F. The van der Waals surface area contributed by atoms with Gasteiger partial charge in [-0.1, -0.05) is 25.7 Å². The van der Waals surface area contributed by atoms with Crippen molar-refractivity contribution in [1.82, 2.24) is 25.2 Å². The van der Waals surface area contributed by atoms with E-state index in [4.69, 9.17) is 16.3 Å². The van der Waals surface area contributed by atoms with Gasteiger partial charge < -0.3 is 15.0 Å². The summed E-state index contributed by atoms with van der Waals surface area (Å²) in [5.74, 6) is -1.08. The number of carbonyl (C=O) groups is 2. The zero-order valence-corrected chi connectivity index (χ0v) is 19.9. The van der Waals surface area contributed by atoms with Crippen LogP contribution in [0.25, 0.3) is 0 Å². The molecule has 10 nitrogen and oxygen atoms in total. The van der Waals surface area contributed by atoms with Gasteiger partial charge in [-0.05, 0) is 23.9 Å². The Labute approximate surface area is 203 Å². The Kier molecular flexibility index (Phi) is 8.51. The average molecular weight is 499 g/mol. The van der Waals surface area contributed by atoms with Crippen LogP contribution in [0.3, 0.4) is 0 Å². The molecule has 0 radical (unpaired) electrons. The molecule has 3 aliphatic rings. The maximum atomic E-state index is 15.4. The molecule has 0 aromatic carbocycles. The van der Waals surface area contributed by atoms with Crippen LogP contribution in [0.15, 0.2) is 0 Å². The maximum Gasteiger partial charge on any atom is 0.233 e. The van der Waals surface area contributed by atoms with Gasteiger partial charge in [-0.25, -0.2) is 14.4 Å². The highest BCUT2D eigenvalue weighted by molar-refractivity contribution is 6.28. The number of fused-ring (bicyclic) bond motifs is 1. The molecule has 1 saturated carbocycles. The summed E-state index contributed by atoms with van der Waals surface area (Å²) in [5.41, 5.74) is 0.00142. The van der Waals surface area contributed by atoms with Crippen molar-refractivity contribution in [3.63, 3.8) is 0 Å². The number of hydroxylamine groups is 2. The van der Waals surface area contributed by atoms with Gasteiger partial charge in [0.25, 0.3) is 0 Å². The quantitative estimate of drug-likeness (QED) is 0.228. The van der Waals surface area contributed by atoms with Gasteiger partial charge in [0.15, 0.2) is 11.6 Å². The fourth-order valence-corrected chi connectivity index (χ4v) is 5.40. The number of halogens is 2. The van der Waals surface area contributed by atoms with E-state index in [1.807, 2.05) is 4.90 Å². The number of aromatic nitrogens is 2. The van der Waals surface area contributed by atoms with Gasteiger partial charge >= 0.3 is 0 Å². The van der Waals surface area contributed by atoms with Gasteiger partial charge in [0.05, 0.1) is 38.3 Å². The lowest BCUT2D eigenvalue weighted by Crippen LogP contribution is -2.58. The zero-order valence-electron chi connectivity index (χ0n) is 19.2. The van der Waals surface area contributed by atoms with Crippen molar-refractivity contribution >= 4 is 29.7 Å². The summed E-state index contributed by atoms with van der Waals surface area (Å²) in [6, 6.07) is 0.161. The van der Waals surface area contributed by atoms with Gasteiger partial charge in [0, 0.05) is 26.2 Å². The van der Waals surface area contributed by atoms with E-state index in [0.29, 0.717) is 43.7 Å².